The van der Waals surface area contributed by atoms with Crippen LogP contribution in [0.2, 0.25) is 0 Å². The standard InChI is InChI=1S/C16H31NO4.C15H31NO2/c1-3-5-7-8-9-10-11-13-21-15(18)14(12-6-4-2)17-16(19)20;1-3-5-7-8-9-10-11-13-18-15(17)14(16)12-6-4-2/h14,17H,3-13H2,1-2H3,(H,19,20);14H,3-13,16H2,1-2H3. The minimum atomic E-state index is -1.18. The predicted octanol–water partition coefficient (Wildman–Crippen LogP) is 7.90. The van der Waals surface area contributed by atoms with Gasteiger partial charge >= 0.3 is 18.0 Å². The highest BCUT2D eigenvalue weighted by atomic mass is 16.5. The van der Waals surface area contributed by atoms with Gasteiger partial charge in [0, 0.05) is 0 Å². The SMILES string of the molecule is CCCCCCCCCOC(=O)C(CCCC)NC(=O)O.CCCCCCCCCOC(=O)C(N)CCCC. The Morgan fingerprint density at radius 3 is 1.41 bits per heavy atom. The number of hydrogen-bond donors (Lipinski definition) is 3. The maximum Gasteiger partial charge on any atom is 0.405 e. The molecule has 4 N–H and O–H groups in total. The second kappa shape index (κ2) is 30.7. The van der Waals surface area contributed by atoms with Gasteiger partial charge < -0.3 is 25.6 Å². The monoisotopic (exact) mass is 558 g/mol. The molecule has 0 aromatic heterocycles. The Bertz CT molecular complexity index is 573. The van der Waals surface area contributed by atoms with Gasteiger partial charge in [0.1, 0.15) is 12.1 Å². The number of unbranched alkanes of at least 4 members (excludes halogenated alkanes) is 14. The Balaban J connectivity index is 0. The van der Waals surface area contributed by atoms with Gasteiger partial charge in [0.25, 0.3) is 0 Å². The third-order valence-corrected chi connectivity index (χ3v) is 6.58. The van der Waals surface area contributed by atoms with Gasteiger partial charge in [-0.05, 0) is 25.7 Å². The number of amides is 1. The number of hydrogen-bond acceptors (Lipinski definition) is 6. The Morgan fingerprint density at radius 1 is 0.590 bits per heavy atom. The zero-order valence-corrected chi connectivity index (χ0v) is 25.8. The first-order valence-corrected chi connectivity index (χ1v) is 15.9. The lowest BCUT2D eigenvalue weighted by Crippen LogP contribution is -2.41. The summed E-state index contributed by atoms with van der Waals surface area (Å²) in [6, 6.07) is -1.15. The van der Waals surface area contributed by atoms with Crippen molar-refractivity contribution in [1.82, 2.24) is 5.32 Å². The van der Waals surface area contributed by atoms with Crippen molar-refractivity contribution in [2.45, 2.75) is 168 Å². The van der Waals surface area contributed by atoms with E-state index < -0.39 is 24.1 Å². The number of ether oxygens (including phenoxy) is 2. The van der Waals surface area contributed by atoms with Gasteiger partial charge in [-0.2, -0.15) is 0 Å². The molecule has 0 aliphatic rings. The van der Waals surface area contributed by atoms with Gasteiger partial charge in [-0.3, -0.25) is 4.79 Å². The normalized spacial score (nSPS) is 12.1. The van der Waals surface area contributed by atoms with Crippen molar-refractivity contribution >= 4 is 18.0 Å². The molecule has 0 rings (SSSR count). The van der Waals surface area contributed by atoms with Crippen molar-refractivity contribution in [3.63, 3.8) is 0 Å². The molecule has 8 heteroatoms. The molecule has 0 heterocycles. The second-order valence-corrected chi connectivity index (χ2v) is 10.5. The second-order valence-electron chi connectivity index (χ2n) is 10.5. The summed E-state index contributed by atoms with van der Waals surface area (Å²) in [5, 5.41) is 11.0. The fourth-order valence-corrected chi connectivity index (χ4v) is 4.02. The van der Waals surface area contributed by atoms with E-state index >= 15 is 0 Å². The van der Waals surface area contributed by atoms with Crippen molar-refractivity contribution in [2.24, 2.45) is 5.73 Å². The van der Waals surface area contributed by atoms with Crippen molar-refractivity contribution in [3.8, 4) is 0 Å². The van der Waals surface area contributed by atoms with Crippen LogP contribution in [0, 0.1) is 0 Å². The molecular formula is C31H62N2O6. The number of rotatable bonds is 25. The lowest BCUT2D eigenvalue weighted by atomic mass is 10.1. The van der Waals surface area contributed by atoms with Gasteiger partial charge in [-0.15, -0.1) is 0 Å². The molecule has 8 nitrogen and oxygen atoms in total. The minimum absolute atomic E-state index is 0.227. The molecular weight excluding hydrogens is 496 g/mol. The zero-order chi connectivity index (χ0) is 29.6. The quantitative estimate of drug-likeness (QED) is 0.0767. The zero-order valence-electron chi connectivity index (χ0n) is 25.8. The van der Waals surface area contributed by atoms with E-state index in [0.717, 1.165) is 57.8 Å². The Hall–Kier alpha value is -1.83. The molecule has 0 fully saturated rings. The fourth-order valence-electron chi connectivity index (χ4n) is 4.02. The van der Waals surface area contributed by atoms with E-state index in [1.54, 1.807) is 0 Å². The summed E-state index contributed by atoms with van der Waals surface area (Å²) in [6.07, 6.45) is 20.6. The van der Waals surface area contributed by atoms with Gasteiger partial charge in [-0.1, -0.05) is 130 Å². The largest absolute Gasteiger partial charge is 0.465 e. The third kappa shape index (κ3) is 29.0. The summed E-state index contributed by atoms with van der Waals surface area (Å²) in [6.45, 7) is 9.43. The molecule has 0 aliphatic heterocycles. The molecule has 39 heavy (non-hydrogen) atoms. The molecule has 2 atom stereocenters. The topological polar surface area (TPSA) is 128 Å². The number of nitrogens with two attached hydrogens (primary N) is 1. The summed E-state index contributed by atoms with van der Waals surface area (Å²) in [5.41, 5.74) is 5.72. The highest BCUT2D eigenvalue weighted by Gasteiger charge is 2.21. The van der Waals surface area contributed by atoms with Crippen molar-refractivity contribution in [1.29, 1.82) is 0 Å². The summed E-state index contributed by atoms with van der Waals surface area (Å²) in [5.74, 6) is -0.675. The van der Waals surface area contributed by atoms with Crippen molar-refractivity contribution < 1.29 is 29.0 Å². The fraction of sp³-hybridized carbons (Fsp3) is 0.903. The van der Waals surface area contributed by atoms with Gasteiger partial charge in [0.15, 0.2) is 0 Å². The van der Waals surface area contributed by atoms with Crippen LogP contribution in [-0.2, 0) is 19.1 Å². The van der Waals surface area contributed by atoms with Gasteiger partial charge in [0.05, 0.1) is 13.2 Å². The molecule has 2 unspecified atom stereocenters. The maximum absolute atomic E-state index is 11.8. The molecule has 0 aromatic carbocycles. The van der Waals surface area contributed by atoms with Crippen LogP contribution in [0.5, 0.6) is 0 Å². The van der Waals surface area contributed by atoms with Crippen LogP contribution in [0.3, 0.4) is 0 Å². The smallest absolute Gasteiger partial charge is 0.405 e. The lowest BCUT2D eigenvalue weighted by molar-refractivity contribution is -0.146. The number of esters is 2. The number of carbonyl (C=O) groups is 3. The Labute approximate surface area is 239 Å². The van der Waals surface area contributed by atoms with Crippen LogP contribution in [0.1, 0.15) is 156 Å². The molecule has 0 bridgehead atoms. The van der Waals surface area contributed by atoms with E-state index in [4.69, 9.17) is 20.3 Å². The minimum Gasteiger partial charge on any atom is -0.465 e. The van der Waals surface area contributed by atoms with Crippen LogP contribution in [-0.4, -0.2) is 48.4 Å². The molecule has 0 spiro atoms. The van der Waals surface area contributed by atoms with E-state index in [0.29, 0.717) is 19.6 Å². The molecule has 0 aliphatic carbocycles. The maximum atomic E-state index is 11.8. The first-order chi connectivity index (χ1) is 18.8. The van der Waals surface area contributed by atoms with Crippen molar-refractivity contribution in [2.75, 3.05) is 13.2 Å². The first-order valence-electron chi connectivity index (χ1n) is 15.9. The molecule has 232 valence electrons. The summed E-state index contributed by atoms with van der Waals surface area (Å²) >= 11 is 0. The predicted molar refractivity (Wildman–Crippen MR) is 160 cm³/mol. The molecule has 0 radical (unpaired) electrons. The Morgan fingerprint density at radius 2 is 0.974 bits per heavy atom. The van der Waals surface area contributed by atoms with Crippen LogP contribution < -0.4 is 11.1 Å². The molecule has 0 aromatic rings. The average molecular weight is 559 g/mol. The molecule has 0 saturated carbocycles. The highest BCUT2D eigenvalue weighted by molar-refractivity contribution is 5.80. The number of carbonyl (C=O) groups excluding carboxylic acids is 2. The van der Waals surface area contributed by atoms with E-state index in [1.807, 2.05) is 6.92 Å². The first kappa shape index (κ1) is 39.3. The van der Waals surface area contributed by atoms with E-state index in [1.165, 1.54) is 64.2 Å². The summed E-state index contributed by atoms with van der Waals surface area (Å²) < 4.78 is 10.3. The summed E-state index contributed by atoms with van der Waals surface area (Å²) in [7, 11) is 0. The van der Waals surface area contributed by atoms with Crippen LogP contribution in [0.25, 0.3) is 0 Å². The van der Waals surface area contributed by atoms with E-state index in [-0.39, 0.29) is 5.97 Å². The Kier molecular flexibility index (Phi) is 31.0. The van der Waals surface area contributed by atoms with Crippen LogP contribution in [0.15, 0.2) is 0 Å². The van der Waals surface area contributed by atoms with E-state index in [2.05, 4.69) is 26.1 Å². The number of nitrogens with one attached hydrogen (secondary N) is 1. The lowest BCUT2D eigenvalue weighted by Gasteiger charge is -2.15. The van der Waals surface area contributed by atoms with E-state index in [9.17, 15) is 14.4 Å². The average Bonchev–Trinajstić information content (AvgIpc) is 2.92. The third-order valence-electron chi connectivity index (χ3n) is 6.58. The molecule has 1 amide bonds. The number of carboxylic acid groups (broad SMARTS) is 1. The van der Waals surface area contributed by atoms with Crippen LogP contribution >= 0.6 is 0 Å². The van der Waals surface area contributed by atoms with Gasteiger partial charge in [-0.25, -0.2) is 9.59 Å². The van der Waals surface area contributed by atoms with Crippen molar-refractivity contribution in [3.05, 3.63) is 0 Å². The van der Waals surface area contributed by atoms with Crippen LogP contribution in [0.4, 0.5) is 4.79 Å². The summed E-state index contributed by atoms with van der Waals surface area (Å²) in [4.78, 5) is 33.9. The van der Waals surface area contributed by atoms with Gasteiger partial charge in [0.2, 0.25) is 0 Å². The highest BCUT2D eigenvalue weighted by Crippen LogP contribution is 2.09. The molecule has 0 saturated heterocycles.